The van der Waals surface area contributed by atoms with Crippen molar-refractivity contribution in [2.24, 2.45) is 17.4 Å². The highest BCUT2D eigenvalue weighted by atomic mass is 16.5. The summed E-state index contributed by atoms with van der Waals surface area (Å²) in [5.41, 5.74) is 17.8. The molecule has 6 N–H and O–H groups in total. The number of unbranched alkanes of at least 4 members (excludes halogenated alkanes) is 1. The van der Waals surface area contributed by atoms with Crippen LogP contribution in [0.25, 0.3) is 0 Å². The smallest absolute Gasteiger partial charge is 0.407 e. The molecule has 274 valence electrons. The average molecular weight is 707 g/mol. The lowest BCUT2D eigenvalue weighted by atomic mass is 9.90. The fraction of sp³-hybridized carbons (Fsp3) is 0.333. The Labute approximate surface area is 306 Å². The summed E-state index contributed by atoms with van der Waals surface area (Å²) in [5.74, 6) is -1.37. The van der Waals surface area contributed by atoms with Gasteiger partial charge in [-0.2, -0.15) is 0 Å². The third-order valence-corrected chi connectivity index (χ3v) is 8.96. The van der Waals surface area contributed by atoms with Gasteiger partial charge in [0.2, 0.25) is 11.8 Å². The molecule has 0 fully saturated rings. The van der Waals surface area contributed by atoms with Crippen LogP contribution in [-0.4, -0.2) is 42.3 Å². The van der Waals surface area contributed by atoms with Gasteiger partial charge in [-0.15, -0.1) is 0 Å². The van der Waals surface area contributed by atoms with Crippen molar-refractivity contribution in [3.63, 3.8) is 0 Å². The van der Waals surface area contributed by atoms with E-state index in [1.807, 2.05) is 117 Å². The predicted octanol–water partition coefficient (Wildman–Crippen LogP) is 5.64. The highest BCUT2D eigenvalue weighted by Crippen LogP contribution is 2.24. The lowest BCUT2D eigenvalue weighted by Crippen LogP contribution is -2.50. The molecule has 0 bridgehead atoms. The molecule has 52 heavy (non-hydrogen) atoms. The first-order valence-electron chi connectivity index (χ1n) is 17.7. The molecule has 0 radical (unpaired) electrons. The van der Waals surface area contributed by atoms with E-state index in [-0.39, 0.29) is 25.2 Å². The number of ether oxygens (including phenoxy) is 2. The highest BCUT2D eigenvalue weighted by molar-refractivity contribution is 5.93. The molecule has 0 aromatic heterocycles. The molecule has 10 nitrogen and oxygen atoms in total. The van der Waals surface area contributed by atoms with Gasteiger partial charge in [-0.25, -0.2) is 4.79 Å². The van der Waals surface area contributed by atoms with Gasteiger partial charge >= 0.3 is 6.09 Å². The molecule has 3 atom stereocenters. The quantitative estimate of drug-likeness (QED) is 0.0865. The van der Waals surface area contributed by atoms with Crippen molar-refractivity contribution in [3.8, 4) is 5.75 Å². The average Bonchev–Trinajstić information content (AvgIpc) is 3.14. The highest BCUT2D eigenvalue weighted by Gasteiger charge is 2.28. The summed E-state index contributed by atoms with van der Waals surface area (Å²) >= 11 is 0. The molecule has 0 aliphatic rings. The van der Waals surface area contributed by atoms with E-state index in [4.69, 9.17) is 20.9 Å². The summed E-state index contributed by atoms with van der Waals surface area (Å²) in [6.07, 6.45) is 1.23. The van der Waals surface area contributed by atoms with Crippen molar-refractivity contribution >= 4 is 23.7 Å². The lowest BCUT2D eigenvalue weighted by molar-refractivity contribution is -0.131. The molecule has 1 unspecified atom stereocenters. The number of nitrogens with one attached hydrogen (secondary N) is 2. The third kappa shape index (κ3) is 13.0. The van der Waals surface area contributed by atoms with Crippen molar-refractivity contribution in [1.82, 2.24) is 10.6 Å². The van der Waals surface area contributed by atoms with Gasteiger partial charge in [0.1, 0.15) is 19.0 Å². The second-order valence-corrected chi connectivity index (χ2v) is 13.1. The maximum absolute atomic E-state index is 13.7. The Morgan fingerprint density at radius 3 is 1.87 bits per heavy atom. The largest absolute Gasteiger partial charge is 0.489 e. The van der Waals surface area contributed by atoms with Gasteiger partial charge in [0.15, 0.2) is 5.78 Å². The molecule has 0 aliphatic carbocycles. The summed E-state index contributed by atoms with van der Waals surface area (Å²) in [7, 11) is 0. The zero-order chi connectivity index (χ0) is 37.3. The minimum absolute atomic E-state index is 0.128. The molecule has 4 aromatic carbocycles. The van der Waals surface area contributed by atoms with E-state index in [2.05, 4.69) is 10.6 Å². The zero-order valence-electron chi connectivity index (χ0n) is 30.0. The maximum atomic E-state index is 13.7. The van der Waals surface area contributed by atoms with Gasteiger partial charge < -0.3 is 31.6 Å². The first-order valence-corrected chi connectivity index (χ1v) is 17.7. The Morgan fingerprint density at radius 1 is 0.731 bits per heavy atom. The van der Waals surface area contributed by atoms with E-state index in [1.54, 1.807) is 0 Å². The normalized spacial score (nSPS) is 12.6. The number of nitrogens with two attached hydrogens (primary N) is 2. The van der Waals surface area contributed by atoms with Crippen LogP contribution < -0.4 is 26.8 Å². The van der Waals surface area contributed by atoms with Gasteiger partial charge in [0.05, 0.1) is 12.1 Å². The topological polar surface area (TPSA) is 163 Å². The summed E-state index contributed by atoms with van der Waals surface area (Å²) in [6.45, 7) is 4.83. The van der Waals surface area contributed by atoms with Crippen molar-refractivity contribution in [2.75, 3.05) is 6.54 Å². The standard InChI is InChI=1S/C42H50N4O6/c1-29-22-35(51-27-32-16-8-4-9-17-32)23-30(2)36(29)26-37(43)41(49)46-38(39(47)25-34(40(44)48)24-31-14-6-3-7-15-31)20-12-13-21-45-42(50)52-28-33-18-10-5-11-19-33/h3-11,14-19,22-23,34,37-38H,12-13,20-21,24-28,43H2,1-2H3,(H2,44,48)(H,45,50)(H,46,49)/t34-,37?,38+/m1/s1. The summed E-state index contributed by atoms with van der Waals surface area (Å²) in [4.78, 5) is 51.8. The van der Waals surface area contributed by atoms with Crippen LogP contribution in [0.4, 0.5) is 4.79 Å². The Bertz CT molecular complexity index is 1730. The maximum Gasteiger partial charge on any atom is 0.407 e. The first kappa shape index (κ1) is 39.3. The Kier molecular flexibility index (Phi) is 15.4. The van der Waals surface area contributed by atoms with E-state index in [9.17, 15) is 19.2 Å². The van der Waals surface area contributed by atoms with E-state index < -0.39 is 35.9 Å². The number of ketones is 1. The van der Waals surface area contributed by atoms with Crippen LogP contribution >= 0.6 is 0 Å². The molecule has 0 heterocycles. The van der Waals surface area contributed by atoms with Crippen LogP contribution in [-0.2, 0) is 45.2 Å². The molecule has 10 heteroatoms. The third-order valence-electron chi connectivity index (χ3n) is 8.96. The zero-order valence-corrected chi connectivity index (χ0v) is 30.0. The van der Waals surface area contributed by atoms with Crippen molar-refractivity contribution in [3.05, 3.63) is 137 Å². The molecule has 4 rings (SSSR count). The number of Topliss-reactive ketones (excluding diaryl/α,β-unsaturated/α-hetero) is 1. The van der Waals surface area contributed by atoms with Gasteiger partial charge in [-0.1, -0.05) is 91.0 Å². The molecule has 3 amide bonds. The fourth-order valence-electron chi connectivity index (χ4n) is 6.00. The van der Waals surface area contributed by atoms with Crippen LogP contribution in [0.1, 0.15) is 59.1 Å². The minimum Gasteiger partial charge on any atom is -0.489 e. The van der Waals surface area contributed by atoms with Crippen molar-refractivity contribution in [2.45, 2.75) is 77.7 Å². The lowest BCUT2D eigenvalue weighted by Gasteiger charge is -2.23. The van der Waals surface area contributed by atoms with Crippen molar-refractivity contribution in [1.29, 1.82) is 0 Å². The monoisotopic (exact) mass is 706 g/mol. The number of hydrogen-bond donors (Lipinski definition) is 4. The summed E-state index contributed by atoms with van der Waals surface area (Å²) < 4.78 is 11.3. The number of amides is 3. The molecular formula is C42H50N4O6. The number of rotatable bonds is 20. The SMILES string of the molecule is Cc1cc(OCc2ccccc2)cc(C)c1CC(N)C(=O)N[C@@H](CCCCNC(=O)OCc1ccccc1)C(=O)C[C@@H](Cc1ccccc1)C(N)=O. The van der Waals surface area contributed by atoms with Crippen LogP contribution in [0.2, 0.25) is 0 Å². The van der Waals surface area contributed by atoms with E-state index in [0.717, 1.165) is 39.1 Å². The fourth-order valence-corrected chi connectivity index (χ4v) is 6.00. The van der Waals surface area contributed by atoms with Crippen LogP contribution in [0.3, 0.4) is 0 Å². The second-order valence-electron chi connectivity index (χ2n) is 13.1. The van der Waals surface area contributed by atoms with E-state index in [0.29, 0.717) is 38.8 Å². The molecular weight excluding hydrogens is 656 g/mol. The Balaban J connectivity index is 1.35. The summed E-state index contributed by atoms with van der Waals surface area (Å²) in [5, 5.41) is 5.59. The molecule has 0 spiro atoms. The minimum atomic E-state index is -0.930. The van der Waals surface area contributed by atoms with Crippen molar-refractivity contribution < 1.29 is 28.7 Å². The number of benzene rings is 4. The van der Waals surface area contributed by atoms with E-state index in [1.165, 1.54) is 0 Å². The van der Waals surface area contributed by atoms with Gasteiger partial charge in [0.25, 0.3) is 0 Å². The Hall–Kier alpha value is -5.48. The van der Waals surface area contributed by atoms with Crippen LogP contribution in [0.15, 0.2) is 103 Å². The Morgan fingerprint density at radius 2 is 1.29 bits per heavy atom. The number of carbonyl (C=O) groups excluding carboxylic acids is 4. The number of carbonyl (C=O) groups is 4. The number of hydrogen-bond acceptors (Lipinski definition) is 7. The van der Waals surface area contributed by atoms with Gasteiger partial charge in [0, 0.05) is 18.9 Å². The van der Waals surface area contributed by atoms with Crippen LogP contribution in [0.5, 0.6) is 5.75 Å². The number of primary amides is 1. The molecule has 0 aliphatic heterocycles. The second kappa shape index (κ2) is 20.4. The number of aryl methyl sites for hydroxylation is 2. The van der Waals surface area contributed by atoms with Gasteiger partial charge in [-0.05, 0) is 91.5 Å². The molecule has 0 saturated carbocycles. The first-order chi connectivity index (χ1) is 25.1. The van der Waals surface area contributed by atoms with E-state index >= 15 is 0 Å². The molecule has 4 aromatic rings. The summed E-state index contributed by atoms with van der Waals surface area (Å²) in [6, 6.07) is 30.7. The number of alkyl carbamates (subject to hydrolysis) is 1. The predicted molar refractivity (Wildman–Crippen MR) is 201 cm³/mol. The molecule has 0 saturated heterocycles. The van der Waals surface area contributed by atoms with Gasteiger partial charge in [-0.3, -0.25) is 14.4 Å². The van der Waals surface area contributed by atoms with Crippen LogP contribution in [0, 0.1) is 19.8 Å².